The molecule has 1 nitrogen and oxygen atoms in total. The second-order valence-corrected chi connectivity index (χ2v) is 5.97. The zero-order chi connectivity index (χ0) is 13.0. The Labute approximate surface area is 127 Å². The smallest absolute Gasteiger partial charge is 0.0409 e. The normalized spacial score (nSPS) is 12.4. The average molecular weight is 372 g/mol. The van der Waals surface area contributed by atoms with E-state index in [0.29, 0.717) is 6.04 Å². The zero-order valence-electron chi connectivity index (χ0n) is 10.2. The third-order valence-corrected chi connectivity index (χ3v) is 3.83. The SMILES string of the molecule is C[C@@H](NCc1ccc(I)cc1)c1cccc(Cl)c1. The van der Waals surface area contributed by atoms with Gasteiger partial charge in [-0.05, 0) is 64.9 Å². The van der Waals surface area contributed by atoms with Gasteiger partial charge in [-0.1, -0.05) is 35.9 Å². The van der Waals surface area contributed by atoms with Gasteiger partial charge in [0.25, 0.3) is 0 Å². The first-order valence-corrected chi connectivity index (χ1v) is 7.34. The minimum Gasteiger partial charge on any atom is -0.306 e. The fraction of sp³-hybridized carbons (Fsp3) is 0.200. The van der Waals surface area contributed by atoms with Gasteiger partial charge >= 0.3 is 0 Å². The molecule has 0 aliphatic carbocycles. The first-order valence-electron chi connectivity index (χ1n) is 5.88. The van der Waals surface area contributed by atoms with Crippen molar-refractivity contribution in [2.24, 2.45) is 0 Å². The van der Waals surface area contributed by atoms with Gasteiger partial charge < -0.3 is 5.32 Å². The van der Waals surface area contributed by atoms with Crippen molar-refractivity contribution >= 4 is 34.2 Å². The minimum atomic E-state index is 0.294. The van der Waals surface area contributed by atoms with Gasteiger partial charge in [0.05, 0.1) is 0 Å². The molecule has 0 saturated heterocycles. The second-order valence-electron chi connectivity index (χ2n) is 4.28. The molecular weight excluding hydrogens is 357 g/mol. The lowest BCUT2D eigenvalue weighted by molar-refractivity contribution is 0.575. The molecule has 0 unspecified atom stereocenters. The van der Waals surface area contributed by atoms with Crippen molar-refractivity contribution in [3.63, 3.8) is 0 Å². The highest BCUT2D eigenvalue weighted by atomic mass is 127. The topological polar surface area (TPSA) is 12.0 Å². The van der Waals surface area contributed by atoms with E-state index in [1.165, 1.54) is 14.7 Å². The van der Waals surface area contributed by atoms with Gasteiger partial charge in [-0.25, -0.2) is 0 Å². The van der Waals surface area contributed by atoms with Crippen LogP contribution in [0.2, 0.25) is 5.02 Å². The molecule has 1 N–H and O–H groups in total. The number of hydrogen-bond donors (Lipinski definition) is 1. The van der Waals surface area contributed by atoms with Crippen LogP contribution in [-0.4, -0.2) is 0 Å². The van der Waals surface area contributed by atoms with E-state index < -0.39 is 0 Å². The molecule has 3 heteroatoms. The number of benzene rings is 2. The van der Waals surface area contributed by atoms with E-state index in [2.05, 4.69) is 65.2 Å². The number of rotatable bonds is 4. The maximum Gasteiger partial charge on any atom is 0.0409 e. The van der Waals surface area contributed by atoms with Gasteiger partial charge in [0.15, 0.2) is 0 Å². The Balaban J connectivity index is 1.96. The molecule has 2 rings (SSSR count). The van der Waals surface area contributed by atoms with Crippen LogP contribution in [0.15, 0.2) is 48.5 Å². The van der Waals surface area contributed by atoms with Gasteiger partial charge in [-0.2, -0.15) is 0 Å². The summed E-state index contributed by atoms with van der Waals surface area (Å²) in [5, 5.41) is 4.29. The van der Waals surface area contributed by atoms with Crippen molar-refractivity contribution in [1.29, 1.82) is 0 Å². The highest BCUT2D eigenvalue weighted by Gasteiger charge is 2.05. The van der Waals surface area contributed by atoms with Crippen molar-refractivity contribution in [2.45, 2.75) is 19.5 Å². The predicted octanol–water partition coefficient (Wildman–Crippen LogP) is 4.80. The van der Waals surface area contributed by atoms with E-state index in [0.717, 1.165) is 11.6 Å². The number of hydrogen-bond acceptors (Lipinski definition) is 1. The minimum absolute atomic E-state index is 0.294. The molecule has 18 heavy (non-hydrogen) atoms. The molecule has 0 aliphatic heterocycles. The summed E-state index contributed by atoms with van der Waals surface area (Å²) in [5.74, 6) is 0. The number of halogens is 2. The highest BCUT2D eigenvalue weighted by Crippen LogP contribution is 2.18. The van der Waals surface area contributed by atoms with Crippen molar-refractivity contribution in [3.8, 4) is 0 Å². The molecular formula is C15H15ClIN. The van der Waals surface area contributed by atoms with Crippen LogP contribution in [0, 0.1) is 3.57 Å². The molecule has 2 aromatic rings. The molecule has 94 valence electrons. The summed E-state index contributed by atoms with van der Waals surface area (Å²) in [5.41, 5.74) is 2.51. The van der Waals surface area contributed by atoms with Gasteiger partial charge in [0.2, 0.25) is 0 Å². The maximum atomic E-state index is 5.99. The van der Waals surface area contributed by atoms with Crippen LogP contribution in [0.4, 0.5) is 0 Å². The van der Waals surface area contributed by atoms with E-state index in [9.17, 15) is 0 Å². The molecule has 0 aromatic heterocycles. The van der Waals surface area contributed by atoms with Crippen LogP contribution in [-0.2, 0) is 6.54 Å². The van der Waals surface area contributed by atoms with Crippen LogP contribution in [0.3, 0.4) is 0 Å². The molecule has 0 fully saturated rings. The molecule has 0 radical (unpaired) electrons. The third-order valence-electron chi connectivity index (χ3n) is 2.87. The molecule has 0 bridgehead atoms. The Hall–Kier alpha value is -0.580. The lowest BCUT2D eigenvalue weighted by atomic mass is 10.1. The van der Waals surface area contributed by atoms with Crippen molar-refractivity contribution < 1.29 is 0 Å². The van der Waals surface area contributed by atoms with Crippen LogP contribution >= 0.6 is 34.2 Å². The summed E-state index contributed by atoms with van der Waals surface area (Å²) in [6.45, 7) is 3.02. The Kier molecular flexibility index (Phi) is 5.03. The molecule has 1 atom stereocenters. The summed E-state index contributed by atoms with van der Waals surface area (Å²) < 4.78 is 1.26. The third kappa shape index (κ3) is 3.97. The van der Waals surface area contributed by atoms with E-state index in [1.54, 1.807) is 0 Å². The van der Waals surface area contributed by atoms with Gasteiger partial charge in [-0.15, -0.1) is 0 Å². The Bertz CT molecular complexity index is 510. The highest BCUT2D eigenvalue weighted by molar-refractivity contribution is 14.1. The van der Waals surface area contributed by atoms with Crippen LogP contribution in [0.1, 0.15) is 24.1 Å². The van der Waals surface area contributed by atoms with Crippen molar-refractivity contribution in [3.05, 3.63) is 68.3 Å². The summed E-state index contributed by atoms with van der Waals surface area (Å²) in [7, 11) is 0. The quantitative estimate of drug-likeness (QED) is 0.762. The summed E-state index contributed by atoms with van der Waals surface area (Å²) in [4.78, 5) is 0. The monoisotopic (exact) mass is 371 g/mol. The van der Waals surface area contributed by atoms with Gasteiger partial charge in [0, 0.05) is 21.2 Å². The molecule has 0 saturated carbocycles. The van der Waals surface area contributed by atoms with Gasteiger partial charge in [0.1, 0.15) is 0 Å². The first-order chi connectivity index (χ1) is 8.65. The van der Waals surface area contributed by atoms with E-state index >= 15 is 0 Å². The first kappa shape index (κ1) is 13.8. The average Bonchev–Trinajstić information content (AvgIpc) is 2.38. The Morgan fingerprint density at radius 3 is 2.56 bits per heavy atom. The summed E-state index contributed by atoms with van der Waals surface area (Å²) in [6.07, 6.45) is 0. The van der Waals surface area contributed by atoms with Gasteiger partial charge in [-0.3, -0.25) is 0 Å². The van der Waals surface area contributed by atoms with E-state index in [4.69, 9.17) is 11.6 Å². The Morgan fingerprint density at radius 1 is 1.17 bits per heavy atom. The molecule has 0 amide bonds. The van der Waals surface area contributed by atoms with Crippen LogP contribution in [0.5, 0.6) is 0 Å². The summed E-state index contributed by atoms with van der Waals surface area (Å²) in [6, 6.07) is 16.8. The summed E-state index contributed by atoms with van der Waals surface area (Å²) >= 11 is 8.31. The van der Waals surface area contributed by atoms with E-state index in [1.807, 2.05) is 18.2 Å². The number of nitrogens with one attached hydrogen (secondary N) is 1. The fourth-order valence-corrected chi connectivity index (χ4v) is 2.33. The lowest BCUT2D eigenvalue weighted by Crippen LogP contribution is -2.17. The fourth-order valence-electron chi connectivity index (χ4n) is 1.77. The zero-order valence-corrected chi connectivity index (χ0v) is 13.1. The maximum absolute atomic E-state index is 5.99. The van der Waals surface area contributed by atoms with Crippen LogP contribution < -0.4 is 5.32 Å². The lowest BCUT2D eigenvalue weighted by Gasteiger charge is -2.14. The molecule has 0 heterocycles. The van der Waals surface area contributed by atoms with Crippen LogP contribution in [0.25, 0.3) is 0 Å². The van der Waals surface area contributed by atoms with E-state index in [-0.39, 0.29) is 0 Å². The van der Waals surface area contributed by atoms with Crippen molar-refractivity contribution in [2.75, 3.05) is 0 Å². The standard InChI is InChI=1S/C15H15ClIN/c1-11(13-3-2-4-14(16)9-13)18-10-12-5-7-15(17)8-6-12/h2-9,11,18H,10H2,1H3/t11-/m1/s1. The predicted molar refractivity (Wildman–Crippen MR) is 85.9 cm³/mol. The van der Waals surface area contributed by atoms with Crippen molar-refractivity contribution in [1.82, 2.24) is 5.32 Å². The molecule has 2 aromatic carbocycles. The second kappa shape index (κ2) is 6.55. The molecule has 0 aliphatic rings. The Morgan fingerprint density at radius 2 is 1.89 bits per heavy atom. The largest absolute Gasteiger partial charge is 0.306 e. The molecule has 0 spiro atoms.